The molecule has 2 rings (SSSR count). The van der Waals surface area contributed by atoms with Gasteiger partial charge in [-0.1, -0.05) is 29.8 Å². The summed E-state index contributed by atoms with van der Waals surface area (Å²) in [7, 11) is 0. The van der Waals surface area contributed by atoms with Gasteiger partial charge in [-0.05, 0) is 25.5 Å². The van der Waals surface area contributed by atoms with Crippen LogP contribution >= 0.6 is 0 Å². The first-order valence-electron chi connectivity index (χ1n) is 7.59. The number of alkyl halides is 3. The summed E-state index contributed by atoms with van der Waals surface area (Å²) in [6.07, 6.45) is -2.09. The van der Waals surface area contributed by atoms with Gasteiger partial charge in [0.15, 0.2) is 0 Å². The average molecular weight is 326 g/mol. The highest BCUT2D eigenvalue weighted by atomic mass is 19.4. The van der Waals surface area contributed by atoms with Crippen LogP contribution in [0.4, 0.5) is 13.2 Å². The van der Waals surface area contributed by atoms with Gasteiger partial charge in [-0.2, -0.15) is 13.2 Å². The summed E-state index contributed by atoms with van der Waals surface area (Å²) >= 11 is 0. The predicted octanol–water partition coefficient (Wildman–Crippen LogP) is 3.36. The molecule has 0 spiro atoms. The second-order valence-electron chi connectivity index (χ2n) is 5.85. The Morgan fingerprint density at radius 3 is 2.74 bits per heavy atom. The summed E-state index contributed by atoms with van der Waals surface area (Å²) in [5, 5.41) is 3.27. The number of benzene rings is 1. The van der Waals surface area contributed by atoms with E-state index in [1.165, 1.54) is 22.6 Å². The zero-order chi connectivity index (χ0) is 17.0. The van der Waals surface area contributed by atoms with E-state index >= 15 is 0 Å². The summed E-state index contributed by atoms with van der Waals surface area (Å²) in [6, 6.07) is 5.40. The molecule has 1 heterocycles. The molecule has 1 atom stereocenters. The Hall–Kier alpha value is -1.82. The smallest absolute Gasteiger partial charge is 0.337 e. The van der Waals surface area contributed by atoms with E-state index in [1.807, 2.05) is 19.9 Å². The third kappa shape index (κ3) is 4.58. The largest absolute Gasteiger partial charge is 0.416 e. The van der Waals surface area contributed by atoms with Crippen LogP contribution in [0.25, 0.3) is 0 Å². The highest BCUT2D eigenvalue weighted by Crippen LogP contribution is 2.32. The van der Waals surface area contributed by atoms with Crippen LogP contribution in [-0.4, -0.2) is 29.9 Å². The van der Waals surface area contributed by atoms with Crippen molar-refractivity contribution in [2.75, 3.05) is 13.1 Å². The molecule has 0 saturated carbocycles. The van der Waals surface area contributed by atoms with Crippen molar-refractivity contribution in [3.63, 3.8) is 0 Å². The Bertz CT molecular complexity index is 596. The lowest BCUT2D eigenvalue weighted by molar-refractivity contribution is -0.139. The van der Waals surface area contributed by atoms with Crippen LogP contribution in [-0.2, 0) is 17.5 Å². The molecule has 126 valence electrons. The van der Waals surface area contributed by atoms with Crippen molar-refractivity contribution >= 4 is 5.91 Å². The van der Waals surface area contributed by atoms with Crippen molar-refractivity contribution in [3.05, 3.63) is 47.0 Å². The molecule has 23 heavy (non-hydrogen) atoms. The highest BCUT2D eigenvalue weighted by molar-refractivity contribution is 5.79. The lowest BCUT2D eigenvalue weighted by Crippen LogP contribution is -2.33. The maximum atomic E-state index is 13.0. The monoisotopic (exact) mass is 326 g/mol. The van der Waals surface area contributed by atoms with Crippen molar-refractivity contribution in [2.45, 2.75) is 39.0 Å². The maximum Gasteiger partial charge on any atom is 0.416 e. The molecule has 1 amide bonds. The predicted molar refractivity (Wildman–Crippen MR) is 82.7 cm³/mol. The number of nitrogens with zero attached hydrogens (tertiary/aromatic N) is 1. The third-order valence-corrected chi connectivity index (χ3v) is 4.06. The van der Waals surface area contributed by atoms with Crippen LogP contribution in [0.2, 0.25) is 0 Å². The molecule has 1 aromatic rings. The Kier molecular flexibility index (Phi) is 5.46. The molecule has 0 aromatic heterocycles. The van der Waals surface area contributed by atoms with Crippen molar-refractivity contribution in [3.8, 4) is 0 Å². The van der Waals surface area contributed by atoms with Crippen LogP contribution in [0.15, 0.2) is 35.9 Å². The molecule has 0 aliphatic carbocycles. The Labute approximate surface area is 134 Å². The minimum atomic E-state index is -4.40. The molecule has 1 aliphatic heterocycles. The number of carbonyl (C=O) groups excluding carboxylic acids is 1. The normalized spacial score (nSPS) is 19.5. The Morgan fingerprint density at radius 2 is 2.09 bits per heavy atom. The number of hydrogen-bond acceptors (Lipinski definition) is 2. The molecule has 1 unspecified atom stereocenters. The average Bonchev–Trinajstić information content (AvgIpc) is 2.84. The minimum absolute atomic E-state index is 0.00467. The molecule has 0 radical (unpaired) electrons. The standard InChI is InChI=1S/C17H21F3N2O/c1-3-12(2)9-21-14-8-16(23)22(11-14)10-13-6-4-5-7-15(13)17(18,19)20/h3-7,14,21H,8-11H2,1-2H3/b12-3+. The molecular formula is C17H21F3N2O. The van der Waals surface area contributed by atoms with Gasteiger partial charge >= 0.3 is 6.18 Å². The Balaban J connectivity index is 2.03. The van der Waals surface area contributed by atoms with Gasteiger partial charge in [-0.25, -0.2) is 0 Å². The van der Waals surface area contributed by atoms with E-state index in [0.717, 1.165) is 6.07 Å². The van der Waals surface area contributed by atoms with Crippen molar-refractivity contribution < 1.29 is 18.0 Å². The maximum absolute atomic E-state index is 13.0. The van der Waals surface area contributed by atoms with Crippen LogP contribution in [0, 0.1) is 0 Å². The van der Waals surface area contributed by atoms with Crippen LogP contribution < -0.4 is 5.32 Å². The summed E-state index contributed by atoms with van der Waals surface area (Å²) in [6.45, 7) is 5.04. The fraction of sp³-hybridized carbons (Fsp3) is 0.471. The van der Waals surface area contributed by atoms with E-state index in [9.17, 15) is 18.0 Å². The first-order valence-corrected chi connectivity index (χ1v) is 7.59. The first kappa shape index (κ1) is 17.5. The number of allylic oxidation sites excluding steroid dienone is 1. The van der Waals surface area contributed by atoms with E-state index in [4.69, 9.17) is 0 Å². The number of halogens is 3. The molecule has 1 saturated heterocycles. The molecule has 1 fully saturated rings. The highest BCUT2D eigenvalue weighted by Gasteiger charge is 2.35. The summed E-state index contributed by atoms with van der Waals surface area (Å²) < 4.78 is 39.1. The minimum Gasteiger partial charge on any atom is -0.337 e. The van der Waals surface area contributed by atoms with E-state index in [-0.39, 0.29) is 24.1 Å². The molecular weight excluding hydrogens is 305 g/mol. The zero-order valence-corrected chi connectivity index (χ0v) is 13.3. The van der Waals surface area contributed by atoms with E-state index in [0.29, 0.717) is 19.5 Å². The van der Waals surface area contributed by atoms with Crippen molar-refractivity contribution in [1.29, 1.82) is 0 Å². The van der Waals surface area contributed by atoms with Gasteiger partial charge in [0.1, 0.15) is 0 Å². The number of rotatable bonds is 5. The van der Waals surface area contributed by atoms with Gasteiger partial charge in [0.25, 0.3) is 0 Å². The van der Waals surface area contributed by atoms with Gasteiger partial charge in [0.2, 0.25) is 5.91 Å². The number of amides is 1. The summed E-state index contributed by atoms with van der Waals surface area (Å²) in [4.78, 5) is 13.5. The van der Waals surface area contributed by atoms with E-state index in [2.05, 4.69) is 5.32 Å². The second kappa shape index (κ2) is 7.17. The topological polar surface area (TPSA) is 32.3 Å². The molecule has 6 heteroatoms. The Morgan fingerprint density at radius 1 is 1.39 bits per heavy atom. The fourth-order valence-electron chi connectivity index (χ4n) is 2.61. The van der Waals surface area contributed by atoms with Gasteiger partial charge in [0.05, 0.1) is 5.56 Å². The molecule has 0 bridgehead atoms. The lowest BCUT2D eigenvalue weighted by Gasteiger charge is -2.20. The quantitative estimate of drug-likeness (QED) is 0.842. The second-order valence-corrected chi connectivity index (χ2v) is 5.85. The number of nitrogens with one attached hydrogen (secondary N) is 1. The molecule has 1 aromatic carbocycles. The van der Waals surface area contributed by atoms with Gasteiger partial charge in [-0.3, -0.25) is 4.79 Å². The summed E-state index contributed by atoms with van der Waals surface area (Å²) in [5.74, 6) is -0.113. The van der Waals surface area contributed by atoms with E-state index in [1.54, 1.807) is 6.07 Å². The fourth-order valence-corrected chi connectivity index (χ4v) is 2.61. The van der Waals surface area contributed by atoms with Gasteiger partial charge in [-0.15, -0.1) is 0 Å². The van der Waals surface area contributed by atoms with Gasteiger partial charge < -0.3 is 10.2 Å². The zero-order valence-electron chi connectivity index (χ0n) is 13.3. The third-order valence-electron chi connectivity index (χ3n) is 4.06. The number of hydrogen-bond donors (Lipinski definition) is 1. The van der Waals surface area contributed by atoms with Crippen LogP contribution in [0.5, 0.6) is 0 Å². The molecule has 1 N–H and O–H groups in total. The van der Waals surface area contributed by atoms with Crippen LogP contribution in [0.1, 0.15) is 31.4 Å². The summed E-state index contributed by atoms with van der Waals surface area (Å²) in [5.41, 5.74) is 0.630. The van der Waals surface area contributed by atoms with Crippen molar-refractivity contribution in [1.82, 2.24) is 10.2 Å². The van der Waals surface area contributed by atoms with E-state index < -0.39 is 11.7 Å². The van der Waals surface area contributed by atoms with Crippen LogP contribution in [0.3, 0.4) is 0 Å². The lowest BCUT2D eigenvalue weighted by atomic mass is 10.1. The first-order chi connectivity index (χ1) is 10.8. The number of likely N-dealkylation sites (tertiary alicyclic amines) is 1. The van der Waals surface area contributed by atoms with Crippen molar-refractivity contribution in [2.24, 2.45) is 0 Å². The molecule has 1 aliphatic rings. The molecule has 3 nitrogen and oxygen atoms in total. The number of carbonyl (C=O) groups is 1. The van der Waals surface area contributed by atoms with Gasteiger partial charge in [0, 0.05) is 32.1 Å². The SMILES string of the molecule is C/C=C(\C)CNC1CC(=O)N(Cc2ccccc2C(F)(F)F)C1.